The van der Waals surface area contributed by atoms with Crippen molar-refractivity contribution < 1.29 is 0 Å². The largest absolute Gasteiger partial charge is 0.330 e. The molecule has 1 fully saturated rings. The van der Waals surface area contributed by atoms with Crippen molar-refractivity contribution in [3.8, 4) is 5.69 Å². The van der Waals surface area contributed by atoms with Gasteiger partial charge in [-0.15, -0.1) is 17.5 Å². The first-order valence-electron chi connectivity index (χ1n) is 7.12. The average molecular weight is 309 g/mol. The molecule has 2 heterocycles. The summed E-state index contributed by atoms with van der Waals surface area (Å²) in [4.78, 5) is 2.40. The molecule has 2 N–H and O–H groups in total. The molecular formula is C14H21ClN6. The summed E-state index contributed by atoms with van der Waals surface area (Å²) in [5.74, 6) is 1.57. The third kappa shape index (κ3) is 3.78. The fourth-order valence-electron chi connectivity index (χ4n) is 2.65. The normalized spacial score (nSPS) is 16.6. The topological polar surface area (TPSA) is 72.9 Å². The zero-order valence-corrected chi connectivity index (χ0v) is 12.7. The molecule has 0 radical (unpaired) electrons. The Balaban J connectivity index is 0.00000161. The number of nitrogens with zero attached hydrogens (tertiary/aromatic N) is 5. The Morgan fingerprint density at radius 1 is 1.14 bits per heavy atom. The van der Waals surface area contributed by atoms with Crippen LogP contribution in [0.4, 0.5) is 0 Å². The van der Waals surface area contributed by atoms with E-state index in [2.05, 4.69) is 20.4 Å². The minimum absolute atomic E-state index is 0. The second-order valence-electron chi connectivity index (χ2n) is 5.30. The van der Waals surface area contributed by atoms with Crippen LogP contribution in [0.5, 0.6) is 0 Å². The maximum atomic E-state index is 5.73. The van der Waals surface area contributed by atoms with Crippen molar-refractivity contribution in [2.75, 3.05) is 19.6 Å². The highest BCUT2D eigenvalue weighted by Crippen LogP contribution is 2.18. The van der Waals surface area contributed by atoms with Gasteiger partial charge in [-0.1, -0.05) is 18.2 Å². The molecule has 0 amide bonds. The smallest absolute Gasteiger partial charge is 0.170 e. The van der Waals surface area contributed by atoms with Crippen molar-refractivity contribution in [1.82, 2.24) is 25.1 Å². The number of aromatic nitrogens is 4. The fraction of sp³-hybridized carbons (Fsp3) is 0.500. The van der Waals surface area contributed by atoms with E-state index in [-0.39, 0.29) is 12.4 Å². The van der Waals surface area contributed by atoms with E-state index in [1.807, 2.05) is 35.0 Å². The Morgan fingerprint density at radius 2 is 1.86 bits per heavy atom. The molecule has 6 nitrogen and oxygen atoms in total. The summed E-state index contributed by atoms with van der Waals surface area (Å²) in [5.41, 5.74) is 6.73. The van der Waals surface area contributed by atoms with E-state index < -0.39 is 0 Å². The first-order chi connectivity index (χ1) is 9.86. The summed E-state index contributed by atoms with van der Waals surface area (Å²) in [6.07, 6.45) is 2.34. The van der Waals surface area contributed by atoms with E-state index in [1.54, 1.807) is 0 Å². The van der Waals surface area contributed by atoms with Crippen LogP contribution < -0.4 is 5.73 Å². The highest BCUT2D eigenvalue weighted by molar-refractivity contribution is 5.85. The van der Waals surface area contributed by atoms with Gasteiger partial charge in [0.1, 0.15) is 0 Å². The monoisotopic (exact) mass is 308 g/mol. The van der Waals surface area contributed by atoms with E-state index in [9.17, 15) is 0 Å². The van der Waals surface area contributed by atoms with Gasteiger partial charge in [-0.2, -0.15) is 4.68 Å². The maximum Gasteiger partial charge on any atom is 0.170 e. The van der Waals surface area contributed by atoms with Gasteiger partial charge >= 0.3 is 0 Å². The van der Waals surface area contributed by atoms with Crippen LogP contribution in [0.3, 0.4) is 0 Å². The summed E-state index contributed by atoms with van der Waals surface area (Å²) in [6.45, 7) is 3.74. The predicted molar refractivity (Wildman–Crippen MR) is 83.5 cm³/mol. The molecule has 1 aliphatic heterocycles. The quantitative estimate of drug-likeness (QED) is 0.920. The molecule has 21 heavy (non-hydrogen) atoms. The molecule has 1 aromatic heterocycles. The number of nitrogens with two attached hydrogens (primary N) is 1. The molecule has 3 rings (SSSR count). The van der Waals surface area contributed by atoms with Crippen LogP contribution in [0, 0.1) is 5.92 Å². The van der Waals surface area contributed by atoms with E-state index in [1.165, 1.54) is 12.8 Å². The summed E-state index contributed by atoms with van der Waals surface area (Å²) in [5, 5.41) is 12.1. The highest BCUT2D eigenvalue weighted by Gasteiger charge is 2.20. The van der Waals surface area contributed by atoms with E-state index >= 15 is 0 Å². The van der Waals surface area contributed by atoms with Crippen LogP contribution >= 0.6 is 12.4 Å². The molecular weight excluding hydrogens is 288 g/mol. The summed E-state index contributed by atoms with van der Waals surface area (Å²) in [6, 6.07) is 10.0. The molecule has 0 aliphatic carbocycles. The molecule has 1 saturated heterocycles. The van der Waals surface area contributed by atoms with Crippen LogP contribution in [0.2, 0.25) is 0 Å². The molecule has 0 saturated carbocycles. The van der Waals surface area contributed by atoms with Gasteiger partial charge in [-0.05, 0) is 61.0 Å². The molecule has 0 bridgehead atoms. The number of likely N-dealkylation sites (tertiary alicyclic amines) is 1. The highest BCUT2D eigenvalue weighted by atomic mass is 35.5. The van der Waals surface area contributed by atoms with Gasteiger partial charge in [0, 0.05) is 0 Å². The van der Waals surface area contributed by atoms with Crippen LogP contribution in [-0.2, 0) is 6.54 Å². The van der Waals surface area contributed by atoms with Crippen LogP contribution in [0.15, 0.2) is 30.3 Å². The van der Waals surface area contributed by atoms with Gasteiger partial charge in [0.25, 0.3) is 0 Å². The van der Waals surface area contributed by atoms with Crippen LogP contribution in [0.1, 0.15) is 18.7 Å². The number of para-hydroxylation sites is 1. The third-order valence-electron chi connectivity index (χ3n) is 3.94. The molecule has 0 spiro atoms. The Labute approximate surface area is 130 Å². The lowest BCUT2D eigenvalue weighted by atomic mass is 9.97. The number of rotatable bonds is 4. The first-order valence-corrected chi connectivity index (χ1v) is 7.12. The predicted octanol–water partition coefficient (Wildman–Crippen LogP) is 1.25. The van der Waals surface area contributed by atoms with Crippen LogP contribution in [0.25, 0.3) is 5.69 Å². The molecule has 2 aromatic rings. The minimum Gasteiger partial charge on any atom is -0.330 e. The van der Waals surface area contributed by atoms with Crippen molar-refractivity contribution in [3.05, 3.63) is 36.2 Å². The van der Waals surface area contributed by atoms with E-state index in [4.69, 9.17) is 5.73 Å². The van der Waals surface area contributed by atoms with Crippen molar-refractivity contribution >= 4 is 12.4 Å². The standard InChI is InChI=1S/C14H20N6.ClH/c15-10-12-6-8-19(9-7-12)11-14-16-17-18-20(14)13-4-2-1-3-5-13;/h1-5,12H,6-11,15H2;1H. The second-order valence-corrected chi connectivity index (χ2v) is 5.30. The Kier molecular flexibility index (Phi) is 5.67. The number of halogens is 1. The molecule has 1 aromatic carbocycles. The molecule has 0 atom stereocenters. The van der Waals surface area contributed by atoms with Crippen molar-refractivity contribution in [2.24, 2.45) is 11.7 Å². The minimum atomic E-state index is 0. The Morgan fingerprint density at radius 3 is 2.52 bits per heavy atom. The lowest BCUT2D eigenvalue weighted by Gasteiger charge is -2.30. The number of hydrogen-bond acceptors (Lipinski definition) is 5. The molecule has 114 valence electrons. The van der Waals surface area contributed by atoms with E-state index in [0.29, 0.717) is 5.92 Å². The number of piperidine rings is 1. The van der Waals surface area contributed by atoms with Crippen molar-refractivity contribution in [1.29, 1.82) is 0 Å². The zero-order valence-electron chi connectivity index (χ0n) is 11.9. The van der Waals surface area contributed by atoms with E-state index in [0.717, 1.165) is 37.7 Å². The summed E-state index contributed by atoms with van der Waals surface area (Å²) < 4.78 is 1.81. The van der Waals surface area contributed by atoms with Crippen LogP contribution in [-0.4, -0.2) is 44.7 Å². The first kappa shape index (κ1) is 15.9. The number of tetrazole rings is 1. The zero-order chi connectivity index (χ0) is 13.8. The van der Waals surface area contributed by atoms with Gasteiger partial charge in [-0.3, -0.25) is 4.90 Å². The van der Waals surface area contributed by atoms with Crippen molar-refractivity contribution in [2.45, 2.75) is 19.4 Å². The average Bonchev–Trinajstić information content (AvgIpc) is 2.97. The van der Waals surface area contributed by atoms with Gasteiger partial charge in [0.15, 0.2) is 5.82 Å². The third-order valence-corrected chi connectivity index (χ3v) is 3.94. The lowest BCUT2D eigenvalue weighted by molar-refractivity contribution is 0.175. The molecule has 0 unspecified atom stereocenters. The second kappa shape index (κ2) is 7.49. The van der Waals surface area contributed by atoms with Gasteiger partial charge < -0.3 is 5.73 Å². The van der Waals surface area contributed by atoms with Crippen molar-refractivity contribution in [3.63, 3.8) is 0 Å². The maximum absolute atomic E-state index is 5.73. The molecule has 1 aliphatic rings. The Bertz CT molecular complexity index is 535. The van der Waals surface area contributed by atoms with Gasteiger partial charge in [0.2, 0.25) is 0 Å². The Hall–Kier alpha value is -1.50. The SMILES string of the molecule is Cl.NCC1CCN(Cc2nnnn2-c2ccccc2)CC1. The number of benzene rings is 1. The summed E-state index contributed by atoms with van der Waals surface area (Å²) in [7, 11) is 0. The fourth-order valence-corrected chi connectivity index (χ4v) is 2.65. The molecule has 7 heteroatoms. The summed E-state index contributed by atoms with van der Waals surface area (Å²) >= 11 is 0. The van der Waals surface area contributed by atoms with Gasteiger partial charge in [0.05, 0.1) is 12.2 Å². The lowest BCUT2D eigenvalue weighted by Crippen LogP contribution is -2.36. The number of hydrogen-bond donors (Lipinski definition) is 1. The van der Waals surface area contributed by atoms with Gasteiger partial charge in [-0.25, -0.2) is 0 Å².